The lowest BCUT2D eigenvalue weighted by Crippen LogP contribution is -2.63. The van der Waals surface area contributed by atoms with Gasteiger partial charge in [-0.05, 0) is 18.8 Å². The Morgan fingerprint density at radius 3 is 2.68 bits per heavy atom. The zero-order chi connectivity index (χ0) is 15.7. The molecule has 121 valence electrons. The molecule has 2 amide bonds. The van der Waals surface area contributed by atoms with Gasteiger partial charge in [-0.1, -0.05) is 32.1 Å². The van der Waals surface area contributed by atoms with E-state index >= 15 is 0 Å². The van der Waals surface area contributed by atoms with Crippen LogP contribution < -0.4 is 5.73 Å². The van der Waals surface area contributed by atoms with Crippen molar-refractivity contribution in [2.75, 3.05) is 13.2 Å². The summed E-state index contributed by atoms with van der Waals surface area (Å²) in [5.74, 6) is -0.874. The van der Waals surface area contributed by atoms with Gasteiger partial charge in [-0.25, -0.2) is 0 Å². The number of carbonyl (C=O) groups excluding carboxylic acids is 3. The number of Topliss-reactive ketones (excluding diaryl/α,β-unsaturated/α-hetero) is 1. The summed E-state index contributed by atoms with van der Waals surface area (Å²) in [6.07, 6.45) is 8.26. The van der Waals surface area contributed by atoms with Crippen molar-refractivity contribution < 1.29 is 19.1 Å². The first kappa shape index (κ1) is 15.5. The quantitative estimate of drug-likeness (QED) is 0.770. The predicted molar refractivity (Wildman–Crippen MR) is 78.5 cm³/mol. The van der Waals surface area contributed by atoms with Crippen LogP contribution in [0.4, 0.5) is 0 Å². The number of ether oxygens (including phenoxy) is 1. The van der Waals surface area contributed by atoms with Crippen molar-refractivity contribution in [2.45, 2.75) is 56.6 Å². The average Bonchev–Trinajstić information content (AvgIpc) is 3.05. The Kier molecular flexibility index (Phi) is 4.21. The minimum atomic E-state index is -1.57. The van der Waals surface area contributed by atoms with Crippen LogP contribution in [0.25, 0.3) is 0 Å². The molecule has 2 aliphatic heterocycles. The molecule has 0 aromatic rings. The molecule has 0 spiro atoms. The van der Waals surface area contributed by atoms with E-state index in [-0.39, 0.29) is 18.3 Å². The molecule has 6 heteroatoms. The number of amides is 2. The molecule has 1 saturated carbocycles. The third-order valence-electron chi connectivity index (χ3n) is 5.34. The Morgan fingerprint density at radius 1 is 1.27 bits per heavy atom. The highest BCUT2D eigenvalue weighted by molar-refractivity contribution is 6.15. The van der Waals surface area contributed by atoms with Gasteiger partial charge in [-0.15, -0.1) is 0 Å². The molecule has 1 radical (unpaired) electrons. The molecule has 22 heavy (non-hydrogen) atoms. The van der Waals surface area contributed by atoms with Crippen molar-refractivity contribution >= 4 is 17.6 Å². The van der Waals surface area contributed by atoms with Crippen LogP contribution in [0.5, 0.6) is 0 Å². The molecule has 3 rings (SSSR count). The third kappa shape index (κ3) is 2.33. The summed E-state index contributed by atoms with van der Waals surface area (Å²) in [6, 6.07) is 0. The number of primary amides is 1. The largest absolute Gasteiger partial charge is 0.367 e. The second-order valence-electron chi connectivity index (χ2n) is 6.58. The van der Waals surface area contributed by atoms with Crippen LogP contribution in [0.3, 0.4) is 0 Å². The van der Waals surface area contributed by atoms with Crippen molar-refractivity contribution in [3.63, 3.8) is 0 Å². The van der Waals surface area contributed by atoms with Crippen LogP contribution in [-0.4, -0.2) is 47.3 Å². The lowest BCUT2D eigenvalue weighted by Gasteiger charge is -2.33. The molecular formula is C16H23N2O4. The van der Waals surface area contributed by atoms with Crippen LogP contribution in [0.2, 0.25) is 0 Å². The highest BCUT2D eigenvalue weighted by atomic mass is 16.5. The number of nitrogens with two attached hydrogens (primary N) is 1. The predicted octanol–water partition coefficient (Wildman–Crippen LogP) is 0.585. The standard InChI is InChI=1S/C16H23N2O4/c17-15(21)16-12(19)10-22-13(16)8-9-18(16)14(20)7-6-11-4-2-1-3-5-11/h7,11,13H,1-6,8-10H2,(H2,17,21)/t13-,16?/m0/s1. The van der Waals surface area contributed by atoms with Crippen molar-refractivity contribution in [3.8, 4) is 0 Å². The van der Waals surface area contributed by atoms with Gasteiger partial charge in [0.05, 0.1) is 12.5 Å². The normalized spacial score (nSPS) is 32.3. The van der Waals surface area contributed by atoms with Gasteiger partial charge in [0.25, 0.3) is 5.91 Å². The zero-order valence-electron chi connectivity index (χ0n) is 12.8. The van der Waals surface area contributed by atoms with Gasteiger partial charge in [0.1, 0.15) is 6.61 Å². The van der Waals surface area contributed by atoms with E-state index in [4.69, 9.17) is 10.5 Å². The van der Waals surface area contributed by atoms with Crippen molar-refractivity contribution in [1.29, 1.82) is 0 Å². The first-order valence-electron chi connectivity index (χ1n) is 8.16. The second-order valence-corrected chi connectivity index (χ2v) is 6.58. The summed E-state index contributed by atoms with van der Waals surface area (Å²) in [7, 11) is 0. The highest BCUT2D eigenvalue weighted by Crippen LogP contribution is 2.38. The van der Waals surface area contributed by atoms with Crippen LogP contribution in [-0.2, 0) is 19.1 Å². The van der Waals surface area contributed by atoms with E-state index < -0.39 is 17.6 Å². The van der Waals surface area contributed by atoms with Gasteiger partial charge in [-0.2, -0.15) is 0 Å². The fraction of sp³-hybridized carbons (Fsp3) is 0.750. The lowest BCUT2D eigenvalue weighted by molar-refractivity contribution is -0.148. The van der Waals surface area contributed by atoms with E-state index in [0.29, 0.717) is 25.3 Å². The monoisotopic (exact) mass is 307 g/mol. The number of hydrogen-bond acceptors (Lipinski definition) is 4. The Morgan fingerprint density at radius 2 is 2.00 bits per heavy atom. The molecular weight excluding hydrogens is 284 g/mol. The van der Waals surface area contributed by atoms with Crippen molar-refractivity contribution in [2.24, 2.45) is 11.7 Å². The number of nitrogens with zero attached hydrogens (tertiary/aromatic N) is 1. The Bertz CT molecular complexity index is 487. The first-order valence-corrected chi connectivity index (χ1v) is 8.16. The van der Waals surface area contributed by atoms with Gasteiger partial charge < -0.3 is 15.4 Å². The van der Waals surface area contributed by atoms with Gasteiger partial charge in [-0.3, -0.25) is 14.4 Å². The Labute approximate surface area is 130 Å². The maximum Gasteiger partial charge on any atom is 0.254 e. The number of likely N-dealkylation sites (tertiary alicyclic amines) is 1. The summed E-state index contributed by atoms with van der Waals surface area (Å²) < 4.78 is 5.37. The summed E-state index contributed by atoms with van der Waals surface area (Å²) in [6.45, 7) is 0.208. The van der Waals surface area contributed by atoms with Gasteiger partial charge >= 0.3 is 0 Å². The number of rotatable bonds is 4. The molecule has 2 atom stereocenters. The number of hydrogen-bond donors (Lipinski definition) is 1. The molecule has 1 unspecified atom stereocenters. The van der Waals surface area contributed by atoms with E-state index in [0.717, 1.165) is 12.8 Å². The third-order valence-corrected chi connectivity index (χ3v) is 5.34. The minimum Gasteiger partial charge on any atom is -0.367 e. The fourth-order valence-electron chi connectivity index (χ4n) is 4.14. The molecule has 0 aromatic carbocycles. The summed E-state index contributed by atoms with van der Waals surface area (Å²) >= 11 is 0. The highest BCUT2D eigenvalue weighted by Gasteiger charge is 2.64. The first-order chi connectivity index (χ1) is 10.6. The summed E-state index contributed by atoms with van der Waals surface area (Å²) in [5, 5.41) is 0. The number of fused-ring (bicyclic) bond motifs is 1. The van der Waals surface area contributed by atoms with Crippen molar-refractivity contribution in [3.05, 3.63) is 6.42 Å². The van der Waals surface area contributed by atoms with Gasteiger partial charge in [0.2, 0.25) is 11.4 Å². The van der Waals surface area contributed by atoms with Crippen LogP contribution in [0, 0.1) is 12.3 Å². The molecule has 0 bridgehead atoms. The summed E-state index contributed by atoms with van der Waals surface area (Å²) in [4.78, 5) is 38.0. The average molecular weight is 307 g/mol. The Balaban J connectivity index is 1.68. The number of carbonyl (C=O) groups is 3. The van der Waals surface area contributed by atoms with E-state index in [1.807, 2.05) is 0 Å². The molecule has 2 saturated heterocycles. The van der Waals surface area contributed by atoms with Crippen LogP contribution >= 0.6 is 0 Å². The molecule has 3 aliphatic rings. The van der Waals surface area contributed by atoms with E-state index in [1.54, 1.807) is 6.42 Å². The van der Waals surface area contributed by atoms with Crippen LogP contribution in [0.1, 0.15) is 44.9 Å². The smallest absolute Gasteiger partial charge is 0.254 e. The van der Waals surface area contributed by atoms with E-state index in [1.165, 1.54) is 24.2 Å². The fourth-order valence-corrected chi connectivity index (χ4v) is 4.14. The molecule has 6 nitrogen and oxygen atoms in total. The molecule has 0 aromatic heterocycles. The number of ketones is 1. The van der Waals surface area contributed by atoms with Crippen LogP contribution in [0.15, 0.2) is 0 Å². The van der Waals surface area contributed by atoms with E-state index in [9.17, 15) is 14.4 Å². The van der Waals surface area contributed by atoms with Crippen molar-refractivity contribution in [1.82, 2.24) is 4.90 Å². The Hall–Kier alpha value is -1.43. The molecule has 3 fully saturated rings. The van der Waals surface area contributed by atoms with E-state index in [2.05, 4.69) is 0 Å². The topological polar surface area (TPSA) is 89.7 Å². The molecule has 2 heterocycles. The molecule has 1 aliphatic carbocycles. The SMILES string of the molecule is NC(=O)C12C(=O)CO[C@H]1CCN2C(=O)[CH]CC1CCCCC1. The zero-order valence-corrected chi connectivity index (χ0v) is 12.8. The maximum absolute atomic E-state index is 12.5. The molecule has 2 N–H and O–H groups in total. The maximum atomic E-state index is 12.5. The lowest BCUT2D eigenvalue weighted by atomic mass is 9.85. The minimum absolute atomic E-state index is 0.139. The second kappa shape index (κ2) is 5.99. The van der Waals surface area contributed by atoms with Gasteiger partial charge in [0, 0.05) is 6.54 Å². The summed E-state index contributed by atoms with van der Waals surface area (Å²) in [5.41, 5.74) is 3.91. The van der Waals surface area contributed by atoms with Gasteiger partial charge in [0.15, 0.2) is 5.78 Å².